The van der Waals surface area contributed by atoms with Crippen LogP contribution in [0.5, 0.6) is 0 Å². The van der Waals surface area contributed by atoms with E-state index in [1.54, 1.807) is 6.07 Å². The highest BCUT2D eigenvalue weighted by Gasteiger charge is 2.18. The van der Waals surface area contributed by atoms with E-state index in [-0.39, 0.29) is 24.1 Å². The zero-order valence-corrected chi connectivity index (χ0v) is 15.2. The normalized spacial score (nSPS) is 12.1. The molecule has 0 aliphatic carbocycles. The van der Waals surface area contributed by atoms with E-state index in [9.17, 15) is 14.9 Å². The number of carbonyl (C=O) groups is 1. The summed E-state index contributed by atoms with van der Waals surface area (Å²) in [6.45, 7) is 6.84. The van der Waals surface area contributed by atoms with E-state index in [1.165, 1.54) is 23.8 Å². The Bertz CT molecular complexity index is 730. The van der Waals surface area contributed by atoms with E-state index in [4.69, 9.17) is 0 Å². The largest absolute Gasteiger partial charge is 0.308 e. The predicted molar refractivity (Wildman–Crippen MR) is 102 cm³/mol. The molecule has 1 N–H and O–H groups in total. The van der Waals surface area contributed by atoms with Crippen LogP contribution in [0.15, 0.2) is 54.6 Å². The van der Waals surface area contributed by atoms with Crippen LogP contribution in [0.4, 0.5) is 5.69 Å². The molecule has 0 aromatic heterocycles. The SMILES string of the molecule is CCN(CC)C(CNCC(=O)c1cccc([N+](=O)[O-])c1)c1ccccc1. The van der Waals surface area contributed by atoms with Crippen LogP contribution in [0.1, 0.15) is 35.8 Å². The van der Waals surface area contributed by atoms with Gasteiger partial charge in [-0.1, -0.05) is 56.3 Å². The van der Waals surface area contributed by atoms with E-state index >= 15 is 0 Å². The van der Waals surface area contributed by atoms with Crippen molar-refractivity contribution in [3.8, 4) is 0 Å². The average molecular weight is 355 g/mol. The molecule has 0 spiro atoms. The maximum Gasteiger partial charge on any atom is 0.270 e. The molecule has 138 valence electrons. The smallest absolute Gasteiger partial charge is 0.270 e. The summed E-state index contributed by atoms with van der Waals surface area (Å²) in [5.74, 6) is -0.153. The lowest BCUT2D eigenvalue weighted by molar-refractivity contribution is -0.384. The Morgan fingerprint density at radius 1 is 1.12 bits per heavy atom. The Morgan fingerprint density at radius 2 is 1.81 bits per heavy atom. The minimum absolute atomic E-state index is 0.0684. The highest BCUT2D eigenvalue weighted by Crippen LogP contribution is 2.19. The van der Waals surface area contributed by atoms with Crippen molar-refractivity contribution < 1.29 is 9.72 Å². The molecule has 0 aliphatic heterocycles. The number of nitro benzene ring substituents is 1. The third kappa shape index (κ3) is 5.21. The molecule has 0 fully saturated rings. The molecule has 0 amide bonds. The van der Waals surface area contributed by atoms with E-state index in [0.717, 1.165) is 13.1 Å². The zero-order chi connectivity index (χ0) is 18.9. The number of carbonyl (C=O) groups excluding carboxylic acids is 1. The summed E-state index contributed by atoms with van der Waals surface area (Å²) in [5.41, 5.74) is 1.48. The Labute approximate surface area is 154 Å². The molecule has 2 rings (SSSR count). The van der Waals surface area contributed by atoms with Gasteiger partial charge in [0.25, 0.3) is 5.69 Å². The highest BCUT2D eigenvalue weighted by atomic mass is 16.6. The average Bonchev–Trinajstić information content (AvgIpc) is 2.68. The molecule has 1 unspecified atom stereocenters. The van der Waals surface area contributed by atoms with E-state index in [2.05, 4.69) is 36.2 Å². The Morgan fingerprint density at radius 3 is 2.42 bits per heavy atom. The lowest BCUT2D eigenvalue weighted by Crippen LogP contribution is -2.37. The van der Waals surface area contributed by atoms with Crippen molar-refractivity contribution in [1.82, 2.24) is 10.2 Å². The molecule has 26 heavy (non-hydrogen) atoms. The lowest BCUT2D eigenvalue weighted by atomic mass is 10.0. The van der Waals surface area contributed by atoms with Crippen molar-refractivity contribution >= 4 is 11.5 Å². The number of likely N-dealkylation sites (N-methyl/N-ethyl adjacent to an activating group) is 1. The maximum absolute atomic E-state index is 12.3. The minimum atomic E-state index is -0.490. The van der Waals surface area contributed by atoms with Crippen LogP contribution in [0.25, 0.3) is 0 Å². The van der Waals surface area contributed by atoms with Crippen molar-refractivity contribution in [1.29, 1.82) is 0 Å². The first-order valence-electron chi connectivity index (χ1n) is 8.84. The van der Waals surface area contributed by atoms with Gasteiger partial charge in [0.15, 0.2) is 5.78 Å². The number of nitrogens with one attached hydrogen (secondary N) is 1. The molecule has 0 aliphatic rings. The molecule has 0 saturated heterocycles. The third-order valence-electron chi connectivity index (χ3n) is 4.44. The molecular weight excluding hydrogens is 330 g/mol. The van der Waals surface area contributed by atoms with Crippen LogP contribution < -0.4 is 5.32 Å². The number of hydrogen-bond donors (Lipinski definition) is 1. The summed E-state index contributed by atoms with van der Waals surface area (Å²) < 4.78 is 0. The molecule has 6 nitrogen and oxygen atoms in total. The summed E-state index contributed by atoms with van der Waals surface area (Å²) in [6, 6.07) is 16.2. The second-order valence-electron chi connectivity index (χ2n) is 6.01. The van der Waals surface area contributed by atoms with Crippen molar-refractivity contribution in [2.45, 2.75) is 19.9 Å². The molecule has 2 aromatic carbocycles. The molecule has 2 aromatic rings. The Hall–Kier alpha value is -2.57. The third-order valence-corrected chi connectivity index (χ3v) is 4.44. The van der Waals surface area contributed by atoms with Gasteiger partial charge in [-0.3, -0.25) is 19.8 Å². The number of nitrogens with zero attached hydrogens (tertiary/aromatic N) is 2. The van der Waals surface area contributed by atoms with Gasteiger partial charge >= 0.3 is 0 Å². The second-order valence-corrected chi connectivity index (χ2v) is 6.01. The van der Waals surface area contributed by atoms with Gasteiger partial charge in [0.2, 0.25) is 0 Å². The Kier molecular flexibility index (Phi) is 7.44. The monoisotopic (exact) mass is 355 g/mol. The predicted octanol–water partition coefficient (Wildman–Crippen LogP) is 3.45. The first-order valence-corrected chi connectivity index (χ1v) is 8.84. The summed E-state index contributed by atoms with van der Waals surface area (Å²) in [7, 11) is 0. The summed E-state index contributed by atoms with van der Waals surface area (Å²) in [5, 5.41) is 14.1. The number of non-ortho nitro benzene ring substituents is 1. The van der Waals surface area contributed by atoms with Gasteiger partial charge in [-0.2, -0.15) is 0 Å². The van der Waals surface area contributed by atoms with Crippen LogP contribution in [-0.2, 0) is 0 Å². The standard InChI is InChI=1S/C20H25N3O3/c1-3-22(4-2)19(16-9-6-5-7-10-16)14-21-15-20(24)17-11-8-12-18(13-17)23(25)26/h5-13,19,21H,3-4,14-15H2,1-2H3. The van der Waals surface area contributed by atoms with E-state index in [1.807, 2.05) is 18.2 Å². The number of hydrogen-bond acceptors (Lipinski definition) is 5. The minimum Gasteiger partial charge on any atom is -0.308 e. The quantitative estimate of drug-likeness (QED) is 0.401. The molecule has 0 heterocycles. The van der Waals surface area contributed by atoms with Crippen LogP contribution in [0.3, 0.4) is 0 Å². The lowest BCUT2D eigenvalue weighted by Gasteiger charge is -2.30. The summed E-state index contributed by atoms with van der Waals surface area (Å²) >= 11 is 0. The van der Waals surface area contributed by atoms with Gasteiger partial charge in [-0.25, -0.2) is 0 Å². The molecular formula is C20H25N3O3. The van der Waals surface area contributed by atoms with Crippen molar-refractivity contribution in [3.63, 3.8) is 0 Å². The number of nitro groups is 1. The van der Waals surface area contributed by atoms with Crippen LogP contribution in [0, 0.1) is 10.1 Å². The molecule has 1 atom stereocenters. The van der Waals surface area contributed by atoms with Crippen molar-refractivity contribution in [3.05, 3.63) is 75.8 Å². The number of Topliss-reactive ketones (excluding diaryl/α,β-unsaturated/α-hetero) is 1. The Balaban J connectivity index is 2.02. The van der Waals surface area contributed by atoms with E-state index in [0.29, 0.717) is 12.1 Å². The fourth-order valence-corrected chi connectivity index (χ4v) is 3.01. The van der Waals surface area contributed by atoms with E-state index < -0.39 is 4.92 Å². The molecule has 6 heteroatoms. The molecule has 0 radical (unpaired) electrons. The van der Waals surface area contributed by atoms with Gasteiger partial charge in [-0.15, -0.1) is 0 Å². The summed E-state index contributed by atoms with van der Waals surface area (Å²) in [4.78, 5) is 25.0. The first kappa shape index (κ1) is 19.8. The van der Waals surface area contributed by atoms with Crippen LogP contribution in [-0.4, -0.2) is 41.8 Å². The summed E-state index contributed by atoms with van der Waals surface area (Å²) in [6.07, 6.45) is 0. The number of benzene rings is 2. The van der Waals surface area contributed by atoms with Gasteiger partial charge in [0.05, 0.1) is 11.5 Å². The van der Waals surface area contributed by atoms with Gasteiger partial charge in [0, 0.05) is 30.3 Å². The fourth-order valence-electron chi connectivity index (χ4n) is 3.01. The highest BCUT2D eigenvalue weighted by molar-refractivity contribution is 5.98. The first-order chi connectivity index (χ1) is 12.6. The number of ketones is 1. The maximum atomic E-state index is 12.3. The van der Waals surface area contributed by atoms with Crippen molar-refractivity contribution in [2.75, 3.05) is 26.2 Å². The van der Waals surface area contributed by atoms with Gasteiger partial charge < -0.3 is 5.32 Å². The van der Waals surface area contributed by atoms with Crippen LogP contribution >= 0.6 is 0 Å². The number of rotatable bonds is 10. The molecule has 0 saturated carbocycles. The topological polar surface area (TPSA) is 75.5 Å². The van der Waals surface area contributed by atoms with Crippen LogP contribution in [0.2, 0.25) is 0 Å². The zero-order valence-electron chi connectivity index (χ0n) is 15.2. The fraction of sp³-hybridized carbons (Fsp3) is 0.350. The van der Waals surface area contributed by atoms with Gasteiger partial charge in [-0.05, 0) is 18.7 Å². The van der Waals surface area contributed by atoms with Gasteiger partial charge in [0.1, 0.15) is 0 Å². The van der Waals surface area contributed by atoms with Crippen molar-refractivity contribution in [2.24, 2.45) is 0 Å². The second kappa shape index (κ2) is 9.79. The molecule has 0 bridgehead atoms.